The molecule has 200 valence electrons. The fourth-order valence-electron chi connectivity index (χ4n) is 3.84. The fraction of sp³-hybridized carbons (Fsp3) is 0.609. The zero-order chi connectivity index (χ0) is 27.3. The Kier molecular flexibility index (Phi) is 13.5. The maximum absolute atomic E-state index is 13.0. The average Bonchev–Trinajstić information content (AvgIpc) is 2.80. The minimum atomic E-state index is -1.74. The summed E-state index contributed by atoms with van der Waals surface area (Å²) in [5.41, 5.74) is 8.63. The van der Waals surface area contributed by atoms with Gasteiger partial charge >= 0.3 is 7.12 Å². The van der Waals surface area contributed by atoms with Gasteiger partial charge in [0.2, 0.25) is 5.91 Å². The van der Waals surface area contributed by atoms with Crippen LogP contribution in [0.4, 0.5) is 5.69 Å². The summed E-state index contributed by atoms with van der Waals surface area (Å²) in [7, 11) is -1.74. The zero-order valence-corrected chi connectivity index (χ0v) is 21.5. The Balaban J connectivity index is 2.97. The molecule has 1 rings (SSSR count). The Morgan fingerprint density at radius 2 is 1.81 bits per heavy atom. The highest BCUT2D eigenvalue weighted by Crippen LogP contribution is 2.20. The van der Waals surface area contributed by atoms with Crippen LogP contribution in [-0.4, -0.2) is 65.4 Å². The van der Waals surface area contributed by atoms with E-state index in [0.717, 1.165) is 18.8 Å². The van der Waals surface area contributed by atoms with Gasteiger partial charge < -0.3 is 26.0 Å². The maximum atomic E-state index is 13.0. The molecule has 0 aliphatic carbocycles. The smallest absolute Gasteiger partial charge is 0.426 e. The Morgan fingerprint density at radius 3 is 2.31 bits per heavy atom. The van der Waals surface area contributed by atoms with Crippen molar-refractivity contribution in [1.29, 1.82) is 0 Å². The second-order valence-corrected chi connectivity index (χ2v) is 8.98. The quantitative estimate of drug-likeness (QED) is 0.0417. The van der Waals surface area contributed by atoms with Crippen molar-refractivity contribution >= 4 is 30.5 Å². The van der Waals surface area contributed by atoms with Gasteiger partial charge in [-0.15, -0.1) is 0 Å². The summed E-state index contributed by atoms with van der Waals surface area (Å²) in [4.78, 5) is 42.5. The zero-order valence-electron chi connectivity index (χ0n) is 21.5. The number of Topliss-reactive ketones (excluding diaryl/α,β-unsaturated/α-hetero) is 1. The number of aliphatic imine (C=N–C) groups is 1. The summed E-state index contributed by atoms with van der Waals surface area (Å²) in [6.07, 6.45) is 0.853. The number of ketones is 1. The first kappa shape index (κ1) is 30.8. The lowest BCUT2D eigenvalue weighted by Gasteiger charge is -2.23. The number of nitrogens with two attached hydrogens (primary N) is 1. The van der Waals surface area contributed by atoms with Crippen LogP contribution in [-0.2, 0) is 4.79 Å². The molecule has 0 fully saturated rings. The first-order valence-electron chi connectivity index (χ1n) is 12.2. The highest BCUT2D eigenvalue weighted by Gasteiger charge is 2.30. The van der Waals surface area contributed by atoms with Crippen molar-refractivity contribution in [2.75, 3.05) is 24.5 Å². The molecule has 1 aromatic rings. The first-order chi connectivity index (χ1) is 17.0. The monoisotopic (exact) mass is 506 g/mol. The molecule has 13 heteroatoms. The maximum Gasteiger partial charge on any atom is 0.475 e. The van der Waals surface area contributed by atoms with Gasteiger partial charge in [-0.05, 0) is 63.3 Å². The van der Waals surface area contributed by atoms with Gasteiger partial charge in [0, 0.05) is 43.2 Å². The molecule has 0 bridgehead atoms. The summed E-state index contributed by atoms with van der Waals surface area (Å²) in [5, 5.41) is 31.6. The van der Waals surface area contributed by atoms with Gasteiger partial charge in [-0.1, -0.05) is 19.3 Å². The molecule has 0 spiro atoms. The average molecular weight is 506 g/mol. The predicted molar refractivity (Wildman–Crippen MR) is 140 cm³/mol. The normalized spacial score (nSPS) is 13.1. The van der Waals surface area contributed by atoms with Crippen LogP contribution in [0, 0.1) is 22.0 Å². The number of anilines is 1. The van der Waals surface area contributed by atoms with Crippen LogP contribution in [0.15, 0.2) is 29.3 Å². The molecule has 12 nitrogen and oxygen atoms in total. The van der Waals surface area contributed by atoms with E-state index in [-0.39, 0.29) is 37.0 Å². The molecule has 6 N–H and O–H groups in total. The Labute approximate surface area is 212 Å². The van der Waals surface area contributed by atoms with Gasteiger partial charge in [-0.25, -0.2) is 15.1 Å². The van der Waals surface area contributed by atoms with E-state index < -0.39 is 29.9 Å². The van der Waals surface area contributed by atoms with Crippen LogP contribution in [0.1, 0.15) is 63.7 Å². The highest BCUT2D eigenvalue weighted by atomic mass is 16.7. The van der Waals surface area contributed by atoms with Crippen LogP contribution in [0.5, 0.6) is 0 Å². The minimum Gasteiger partial charge on any atom is -0.426 e. The third kappa shape index (κ3) is 11.0. The Bertz CT molecular complexity index is 876. The van der Waals surface area contributed by atoms with Crippen molar-refractivity contribution in [2.24, 2.45) is 22.6 Å². The fourth-order valence-corrected chi connectivity index (χ4v) is 3.84. The molecular formula is C23H39BN6O6. The van der Waals surface area contributed by atoms with Crippen LogP contribution in [0.25, 0.3) is 0 Å². The Hall–Kier alpha value is -3.19. The molecule has 0 heterocycles. The lowest BCUT2D eigenvalue weighted by atomic mass is 9.74. The summed E-state index contributed by atoms with van der Waals surface area (Å²) in [6.45, 7) is 9.67. The van der Waals surface area contributed by atoms with E-state index in [4.69, 9.17) is 5.73 Å². The number of carbonyl (C=O) groups excluding carboxylic acids is 2. The van der Waals surface area contributed by atoms with Crippen molar-refractivity contribution in [3.63, 3.8) is 0 Å². The number of hydrogen-bond donors (Lipinski definition) is 5. The molecule has 0 aliphatic rings. The largest absolute Gasteiger partial charge is 0.475 e. The van der Waals surface area contributed by atoms with Gasteiger partial charge in [0.05, 0.1) is 5.94 Å². The molecule has 0 radical (unpaired) electrons. The molecule has 0 saturated carbocycles. The van der Waals surface area contributed by atoms with Crippen LogP contribution in [0.3, 0.4) is 0 Å². The number of rotatable bonds is 16. The standard InChI is InChI=1S/C23H39BN6O6/c1-5-29(6-2)19-11-9-17(10-12-19)20(31)15-18(8-7-13-26-23(25)28-30(35)36)22(32)27-21(24(33)34)14-16(3)4/h9-12,16,18,21,33-34H,5-8,13-15H2,1-4H3,(H,27,32)(H3,25,26,28)/t18-,21+/m1/s1. The second-order valence-electron chi connectivity index (χ2n) is 8.98. The van der Waals surface area contributed by atoms with Gasteiger partial charge in [-0.2, -0.15) is 0 Å². The molecule has 1 aromatic carbocycles. The summed E-state index contributed by atoms with van der Waals surface area (Å²) in [5.74, 6) is -2.57. The molecule has 2 atom stereocenters. The van der Waals surface area contributed by atoms with E-state index in [9.17, 15) is 29.8 Å². The summed E-state index contributed by atoms with van der Waals surface area (Å²) >= 11 is 0. The highest BCUT2D eigenvalue weighted by molar-refractivity contribution is 6.43. The number of nitrogens with zero attached hydrogens (tertiary/aromatic N) is 3. The lowest BCUT2D eigenvalue weighted by Crippen LogP contribution is -2.49. The number of guanidine groups is 1. The summed E-state index contributed by atoms with van der Waals surface area (Å²) in [6, 6.07) is 7.21. The lowest BCUT2D eigenvalue weighted by molar-refractivity contribution is -0.525. The first-order valence-corrected chi connectivity index (χ1v) is 12.2. The predicted octanol–water partition coefficient (Wildman–Crippen LogP) is 1.14. The number of amides is 1. The van der Waals surface area contributed by atoms with E-state index in [1.807, 2.05) is 39.8 Å². The topological polar surface area (TPSA) is 183 Å². The van der Waals surface area contributed by atoms with E-state index >= 15 is 0 Å². The third-order valence-electron chi connectivity index (χ3n) is 5.73. The van der Waals surface area contributed by atoms with Gasteiger partial charge in [-0.3, -0.25) is 9.59 Å². The minimum absolute atomic E-state index is 0.0846. The van der Waals surface area contributed by atoms with Gasteiger partial charge in [0.1, 0.15) is 0 Å². The van der Waals surface area contributed by atoms with Crippen LogP contribution >= 0.6 is 0 Å². The molecule has 0 aromatic heterocycles. The third-order valence-corrected chi connectivity index (χ3v) is 5.73. The van der Waals surface area contributed by atoms with E-state index in [1.54, 1.807) is 17.6 Å². The van der Waals surface area contributed by atoms with Crippen molar-refractivity contribution in [3.8, 4) is 0 Å². The van der Waals surface area contributed by atoms with Gasteiger partial charge in [0.15, 0.2) is 10.8 Å². The molecule has 0 saturated heterocycles. The van der Waals surface area contributed by atoms with E-state index in [2.05, 4.69) is 15.2 Å². The number of hydrazine groups is 1. The molecule has 1 amide bonds. The summed E-state index contributed by atoms with van der Waals surface area (Å²) < 4.78 is 0. The Morgan fingerprint density at radius 1 is 1.19 bits per heavy atom. The number of carbonyl (C=O) groups is 2. The SMILES string of the molecule is CCN(CC)c1ccc(C(=O)C[C@@H](CCCN=C(N)N[N+](=O)[O-])C(=O)N[C@@H](CC(C)C)B(O)O)cc1. The van der Waals surface area contributed by atoms with Crippen molar-refractivity contribution in [1.82, 2.24) is 10.7 Å². The number of benzene rings is 1. The number of nitro groups is 1. The van der Waals surface area contributed by atoms with Crippen LogP contribution in [0.2, 0.25) is 0 Å². The van der Waals surface area contributed by atoms with Crippen molar-refractivity contribution in [3.05, 3.63) is 39.9 Å². The van der Waals surface area contributed by atoms with E-state index in [1.165, 1.54) is 0 Å². The van der Waals surface area contributed by atoms with Crippen molar-refractivity contribution < 1.29 is 24.7 Å². The second kappa shape index (κ2) is 15.7. The molecule has 36 heavy (non-hydrogen) atoms. The van der Waals surface area contributed by atoms with Crippen molar-refractivity contribution in [2.45, 2.75) is 59.3 Å². The molecular weight excluding hydrogens is 467 g/mol. The molecule has 0 unspecified atom stereocenters. The molecule has 0 aliphatic heterocycles. The number of hydrogen-bond acceptors (Lipinski definition) is 8. The van der Waals surface area contributed by atoms with E-state index in [0.29, 0.717) is 18.4 Å². The number of nitrogens with one attached hydrogen (secondary N) is 2. The van der Waals surface area contributed by atoms with Gasteiger partial charge in [0.25, 0.3) is 5.96 Å². The van der Waals surface area contributed by atoms with Crippen LogP contribution < -0.4 is 21.4 Å².